The number of rotatable bonds is 4. The number of carbonyl (C=O) groups is 1. The monoisotopic (exact) mass is 219 g/mol. The maximum Gasteiger partial charge on any atom is 0.251 e. The second-order valence-electron chi connectivity index (χ2n) is 4.57. The van der Waals surface area contributed by atoms with E-state index in [0.717, 1.165) is 18.5 Å². The summed E-state index contributed by atoms with van der Waals surface area (Å²) in [7, 11) is 0. The Bertz CT molecular complexity index is 399. The topological polar surface area (TPSA) is 68.0 Å². The molecule has 0 radical (unpaired) electrons. The van der Waals surface area contributed by atoms with Gasteiger partial charge >= 0.3 is 0 Å². The quantitative estimate of drug-likeness (QED) is 0.789. The van der Waals surface area contributed by atoms with Crippen LogP contribution in [0.15, 0.2) is 18.3 Å². The summed E-state index contributed by atoms with van der Waals surface area (Å²) in [4.78, 5) is 15.9. The number of hydrogen-bond acceptors (Lipinski definition) is 3. The van der Waals surface area contributed by atoms with Crippen LogP contribution >= 0.6 is 0 Å². The van der Waals surface area contributed by atoms with Crippen LogP contribution in [0.1, 0.15) is 28.9 Å². The zero-order valence-corrected chi connectivity index (χ0v) is 9.49. The van der Waals surface area contributed by atoms with Crippen molar-refractivity contribution in [2.45, 2.75) is 19.8 Å². The molecule has 16 heavy (non-hydrogen) atoms. The van der Waals surface area contributed by atoms with Gasteiger partial charge in [-0.25, -0.2) is 0 Å². The van der Waals surface area contributed by atoms with Crippen molar-refractivity contribution in [3.63, 3.8) is 0 Å². The van der Waals surface area contributed by atoms with Crippen LogP contribution in [-0.4, -0.2) is 24.0 Å². The van der Waals surface area contributed by atoms with Crippen LogP contribution in [0.25, 0.3) is 0 Å². The lowest BCUT2D eigenvalue weighted by Crippen LogP contribution is -2.33. The van der Waals surface area contributed by atoms with Crippen LogP contribution in [0.3, 0.4) is 0 Å². The minimum Gasteiger partial charge on any atom is -0.351 e. The average Bonchev–Trinajstić information content (AvgIpc) is 3.07. The Morgan fingerprint density at radius 1 is 1.62 bits per heavy atom. The molecule has 0 bridgehead atoms. The van der Waals surface area contributed by atoms with Gasteiger partial charge in [0.25, 0.3) is 5.91 Å². The van der Waals surface area contributed by atoms with Crippen molar-refractivity contribution in [3.05, 3.63) is 29.6 Å². The Hall–Kier alpha value is -1.42. The lowest BCUT2D eigenvalue weighted by molar-refractivity contribution is 0.0945. The maximum atomic E-state index is 11.8. The zero-order valence-electron chi connectivity index (χ0n) is 9.49. The highest BCUT2D eigenvalue weighted by atomic mass is 16.1. The van der Waals surface area contributed by atoms with Gasteiger partial charge in [0.2, 0.25) is 0 Å². The standard InChI is InChI=1S/C12H17N3O/c1-9-6-10(2-5-14-9)11(16)15-8-12(7-13)3-4-12/h2,5-6H,3-4,7-8,13H2,1H3,(H,15,16). The van der Waals surface area contributed by atoms with E-state index in [1.807, 2.05) is 6.92 Å². The summed E-state index contributed by atoms with van der Waals surface area (Å²) in [6.07, 6.45) is 3.90. The van der Waals surface area contributed by atoms with E-state index in [1.54, 1.807) is 18.3 Å². The van der Waals surface area contributed by atoms with Gasteiger partial charge in [-0.1, -0.05) is 0 Å². The van der Waals surface area contributed by atoms with Crippen molar-refractivity contribution >= 4 is 5.91 Å². The number of aromatic nitrogens is 1. The molecule has 1 aromatic rings. The first-order valence-corrected chi connectivity index (χ1v) is 5.56. The molecule has 0 aliphatic heterocycles. The van der Waals surface area contributed by atoms with Gasteiger partial charge in [0.05, 0.1) is 0 Å². The van der Waals surface area contributed by atoms with Gasteiger partial charge in [-0.05, 0) is 38.4 Å². The number of hydrogen-bond donors (Lipinski definition) is 2. The molecule has 0 aromatic carbocycles. The highest BCUT2D eigenvalue weighted by Gasteiger charge is 2.41. The summed E-state index contributed by atoms with van der Waals surface area (Å²) in [6, 6.07) is 3.52. The third-order valence-electron chi connectivity index (χ3n) is 3.17. The Kier molecular flexibility index (Phi) is 2.92. The molecule has 1 aromatic heterocycles. The first-order chi connectivity index (χ1) is 7.65. The smallest absolute Gasteiger partial charge is 0.251 e. The van der Waals surface area contributed by atoms with E-state index >= 15 is 0 Å². The van der Waals surface area contributed by atoms with E-state index in [1.165, 1.54) is 0 Å². The fourth-order valence-electron chi connectivity index (χ4n) is 1.69. The van der Waals surface area contributed by atoms with E-state index in [-0.39, 0.29) is 11.3 Å². The molecule has 4 nitrogen and oxygen atoms in total. The molecule has 1 amide bonds. The van der Waals surface area contributed by atoms with Crippen LogP contribution < -0.4 is 11.1 Å². The van der Waals surface area contributed by atoms with E-state index in [0.29, 0.717) is 18.7 Å². The summed E-state index contributed by atoms with van der Waals surface area (Å²) < 4.78 is 0. The fraction of sp³-hybridized carbons (Fsp3) is 0.500. The summed E-state index contributed by atoms with van der Waals surface area (Å²) in [5.41, 5.74) is 7.36. The van der Waals surface area contributed by atoms with Crippen LogP contribution in [0.4, 0.5) is 0 Å². The number of carbonyl (C=O) groups excluding carboxylic acids is 1. The molecule has 3 N–H and O–H groups in total. The van der Waals surface area contributed by atoms with Gasteiger partial charge in [0.1, 0.15) is 0 Å². The summed E-state index contributed by atoms with van der Waals surface area (Å²) >= 11 is 0. The number of aryl methyl sites for hydroxylation is 1. The lowest BCUT2D eigenvalue weighted by Gasteiger charge is -2.13. The third kappa shape index (κ3) is 2.39. The SMILES string of the molecule is Cc1cc(C(=O)NCC2(CN)CC2)ccn1. The van der Waals surface area contributed by atoms with Crippen molar-refractivity contribution in [2.75, 3.05) is 13.1 Å². The van der Waals surface area contributed by atoms with E-state index in [9.17, 15) is 4.79 Å². The normalized spacial score (nSPS) is 16.9. The first-order valence-electron chi connectivity index (χ1n) is 5.56. The number of amides is 1. The molecule has 1 saturated carbocycles. The Balaban J connectivity index is 1.93. The number of nitrogens with zero attached hydrogens (tertiary/aromatic N) is 1. The molecule has 4 heteroatoms. The largest absolute Gasteiger partial charge is 0.351 e. The summed E-state index contributed by atoms with van der Waals surface area (Å²) in [5, 5.41) is 2.93. The number of nitrogens with one attached hydrogen (secondary N) is 1. The molecule has 2 rings (SSSR count). The highest BCUT2D eigenvalue weighted by molar-refractivity contribution is 5.94. The second kappa shape index (κ2) is 4.22. The third-order valence-corrected chi connectivity index (χ3v) is 3.17. The van der Waals surface area contributed by atoms with Crippen LogP contribution in [0.2, 0.25) is 0 Å². The number of nitrogens with two attached hydrogens (primary N) is 1. The van der Waals surface area contributed by atoms with Gasteiger partial charge in [0, 0.05) is 29.4 Å². The van der Waals surface area contributed by atoms with Crippen LogP contribution in [0, 0.1) is 12.3 Å². The van der Waals surface area contributed by atoms with Gasteiger partial charge in [0.15, 0.2) is 0 Å². The van der Waals surface area contributed by atoms with Gasteiger partial charge < -0.3 is 11.1 Å². The van der Waals surface area contributed by atoms with Crippen molar-refractivity contribution in [2.24, 2.45) is 11.1 Å². The molecular weight excluding hydrogens is 202 g/mol. The van der Waals surface area contributed by atoms with Gasteiger partial charge in [-0.2, -0.15) is 0 Å². The van der Waals surface area contributed by atoms with Crippen molar-refractivity contribution < 1.29 is 4.79 Å². The van der Waals surface area contributed by atoms with Gasteiger partial charge in [-0.15, -0.1) is 0 Å². The van der Waals surface area contributed by atoms with E-state index in [4.69, 9.17) is 5.73 Å². The average molecular weight is 219 g/mol. The first kappa shape index (κ1) is 11.1. The highest BCUT2D eigenvalue weighted by Crippen LogP contribution is 2.43. The maximum absolute atomic E-state index is 11.8. The molecular formula is C12H17N3O. The molecule has 1 heterocycles. The van der Waals surface area contributed by atoms with Crippen molar-refractivity contribution in [1.29, 1.82) is 0 Å². The summed E-state index contributed by atoms with van der Waals surface area (Å²) in [6.45, 7) is 3.21. The van der Waals surface area contributed by atoms with Crippen molar-refractivity contribution in [3.8, 4) is 0 Å². The predicted octanol–water partition coefficient (Wildman–Crippen LogP) is 0.859. The molecule has 0 unspecified atom stereocenters. The Morgan fingerprint density at radius 3 is 2.94 bits per heavy atom. The molecule has 1 aliphatic rings. The van der Waals surface area contributed by atoms with Crippen molar-refractivity contribution in [1.82, 2.24) is 10.3 Å². The Morgan fingerprint density at radius 2 is 2.38 bits per heavy atom. The molecule has 1 aliphatic carbocycles. The number of pyridine rings is 1. The van der Waals surface area contributed by atoms with Gasteiger partial charge in [-0.3, -0.25) is 9.78 Å². The summed E-state index contributed by atoms with van der Waals surface area (Å²) in [5.74, 6) is -0.0368. The lowest BCUT2D eigenvalue weighted by atomic mass is 10.1. The fourth-order valence-corrected chi connectivity index (χ4v) is 1.69. The molecule has 1 fully saturated rings. The molecule has 86 valence electrons. The van der Waals surface area contributed by atoms with Crippen LogP contribution in [-0.2, 0) is 0 Å². The zero-order chi connectivity index (χ0) is 11.6. The second-order valence-corrected chi connectivity index (χ2v) is 4.57. The minimum absolute atomic E-state index is 0.0368. The predicted molar refractivity (Wildman–Crippen MR) is 62.0 cm³/mol. The Labute approximate surface area is 95.3 Å². The molecule has 0 atom stereocenters. The van der Waals surface area contributed by atoms with E-state index in [2.05, 4.69) is 10.3 Å². The molecule has 0 saturated heterocycles. The van der Waals surface area contributed by atoms with Crippen LogP contribution in [0.5, 0.6) is 0 Å². The minimum atomic E-state index is -0.0368. The van der Waals surface area contributed by atoms with E-state index < -0.39 is 0 Å². The molecule has 0 spiro atoms.